The summed E-state index contributed by atoms with van der Waals surface area (Å²) in [6, 6.07) is -1.52. The number of carbonyl (C=O) groups is 3. The van der Waals surface area contributed by atoms with Crippen LogP contribution in [0.25, 0.3) is 0 Å². The lowest BCUT2D eigenvalue weighted by Crippen LogP contribution is -2.58. The standard InChI is InChI=1S/C26H38N2O6/c1-4-6-9-14-27-15-11-13-26-19(22(30)28(18(3)17-29)21(26)23(27)31)20-24(32)33-16-10-7-8-12-25(20,5-2)34-26/h8,11-13,18-21,29H,4-7,9-10,14-17H2,1-3H3/b12-8-/t18-,19+,20-,21?,25+,26+/m1/s1. The van der Waals surface area contributed by atoms with E-state index >= 15 is 0 Å². The van der Waals surface area contributed by atoms with Crippen molar-refractivity contribution < 1.29 is 29.0 Å². The van der Waals surface area contributed by atoms with E-state index in [4.69, 9.17) is 9.47 Å². The predicted molar refractivity (Wildman–Crippen MR) is 126 cm³/mol. The van der Waals surface area contributed by atoms with E-state index in [1.165, 1.54) is 4.90 Å². The number of esters is 1. The molecular formula is C26H38N2O6. The van der Waals surface area contributed by atoms with Gasteiger partial charge in [0.25, 0.3) is 0 Å². The van der Waals surface area contributed by atoms with E-state index in [1.54, 1.807) is 11.8 Å². The van der Waals surface area contributed by atoms with Crippen molar-refractivity contribution in [3.05, 3.63) is 24.3 Å². The van der Waals surface area contributed by atoms with Crippen LogP contribution >= 0.6 is 0 Å². The highest BCUT2D eigenvalue weighted by Crippen LogP contribution is 2.58. The maximum Gasteiger partial charge on any atom is 0.313 e. The SMILES string of the molecule is CCCCCN1CC=C[C@]23O[C@@]4(CC)/C=C\CCCOC(=O)[C@H]4[C@H]2C(=O)N([C@H](C)CO)C3C1=O. The first-order chi connectivity index (χ1) is 16.4. The first-order valence-corrected chi connectivity index (χ1v) is 12.8. The van der Waals surface area contributed by atoms with Crippen LogP contribution in [0.15, 0.2) is 24.3 Å². The topological polar surface area (TPSA) is 96.4 Å². The fraction of sp³-hybridized carbons (Fsp3) is 0.731. The Bertz CT molecular complexity index is 871. The highest BCUT2D eigenvalue weighted by Gasteiger charge is 2.75. The Hall–Kier alpha value is -2.19. The summed E-state index contributed by atoms with van der Waals surface area (Å²) in [7, 11) is 0. The second-order valence-corrected chi connectivity index (χ2v) is 10.0. The predicted octanol–water partition coefficient (Wildman–Crippen LogP) is 2.21. The minimum atomic E-state index is -1.29. The van der Waals surface area contributed by atoms with Gasteiger partial charge >= 0.3 is 5.97 Å². The molecule has 0 aliphatic carbocycles. The van der Waals surface area contributed by atoms with E-state index in [1.807, 2.05) is 31.2 Å². The average Bonchev–Trinajstić information content (AvgIpc) is 3.22. The number of ether oxygens (including phenoxy) is 2. The lowest BCUT2D eigenvalue weighted by atomic mass is 9.73. The average molecular weight is 475 g/mol. The molecule has 0 radical (unpaired) electrons. The number of nitrogens with zero attached hydrogens (tertiary/aromatic N) is 2. The number of amides is 2. The van der Waals surface area contributed by atoms with Gasteiger partial charge in [0.15, 0.2) is 0 Å². The highest BCUT2D eigenvalue weighted by molar-refractivity contribution is 5.99. The quantitative estimate of drug-likeness (QED) is 0.345. The van der Waals surface area contributed by atoms with Crippen LogP contribution in [0.2, 0.25) is 0 Å². The number of aliphatic hydroxyl groups excluding tert-OH is 1. The zero-order chi connectivity index (χ0) is 24.5. The molecule has 6 atom stereocenters. The van der Waals surface area contributed by atoms with Gasteiger partial charge in [0.1, 0.15) is 23.2 Å². The van der Waals surface area contributed by atoms with Crippen LogP contribution in [0.3, 0.4) is 0 Å². The molecule has 2 fully saturated rings. The van der Waals surface area contributed by atoms with E-state index in [0.29, 0.717) is 25.9 Å². The van der Waals surface area contributed by atoms with Gasteiger partial charge in [-0.1, -0.05) is 51.0 Å². The third kappa shape index (κ3) is 3.79. The van der Waals surface area contributed by atoms with Crippen molar-refractivity contribution in [1.29, 1.82) is 0 Å². The van der Waals surface area contributed by atoms with E-state index in [-0.39, 0.29) is 25.0 Å². The Kier molecular flexibility index (Phi) is 7.20. The van der Waals surface area contributed by atoms with E-state index in [0.717, 1.165) is 25.7 Å². The summed E-state index contributed by atoms with van der Waals surface area (Å²) in [5.74, 6) is -2.72. The summed E-state index contributed by atoms with van der Waals surface area (Å²) in [5.41, 5.74) is -2.32. The van der Waals surface area contributed by atoms with Crippen LogP contribution in [0.4, 0.5) is 0 Å². The number of hydrogen-bond acceptors (Lipinski definition) is 6. The second-order valence-electron chi connectivity index (χ2n) is 10.0. The van der Waals surface area contributed by atoms with Gasteiger partial charge in [0, 0.05) is 13.1 Å². The summed E-state index contributed by atoms with van der Waals surface area (Å²) in [6.07, 6.45) is 12.5. The first kappa shape index (κ1) is 24.9. The monoisotopic (exact) mass is 474 g/mol. The minimum absolute atomic E-state index is 0.188. The third-order valence-electron chi connectivity index (χ3n) is 7.93. The number of hydrogen-bond donors (Lipinski definition) is 1. The molecular weight excluding hydrogens is 436 g/mol. The molecule has 4 rings (SSSR count). The molecule has 8 nitrogen and oxygen atoms in total. The normalized spacial score (nSPS) is 37.2. The smallest absolute Gasteiger partial charge is 0.313 e. The van der Waals surface area contributed by atoms with Gasteiger partial charge in [0.05, 0.1) is 25.2 Å². The first-order valence-electron chi connectivity index (χ1n) is 12.8. The van der Waals surface area contributed by atoms with Crippen LogP contribution in [-0.2, 0) is 23.9 Å². The van der Waals surface area contributed by atoms with E-state index in [9.17, 15) is 19.5 Å². The molecule has 8 heteroatoms. The Morgan fingerprint density at radius 1 is 1.12 bits per heavy atom. The Balaban J connectivity index is 1.84. The molecule has 0 aromatic heterocycles. The molecule has 1 spiro atoms. The zero-order valence-corrected chi connectivity index (χ0v) is 20.6. The lowest BCUT2D eigenvalue weighted by Gasteiger charge is -2.40. The van der Waals surface area contributed by atoms with Crippen molar-refractivity contribution in [2.45, 2.75) is 82.6 Å². The summed E-state index contributed by atoms with van der Waals surface area (Å²) in [6.45, 7) is 6.80. The largest absolute Gasteiger partial charge is 0.465 e. The molecule has 1 N–H and O–H groups in total. The molecule has 1 unspecified atom stereocenters. The summed E-state index contributed by atoms with van der Waals surface area (Å²) < 4.78 is 12.4. The summed E-state index contributed by atoms with van der Waals surface area (Å²) in [5, 5.41) is 9.98. The van der Waals surface area contributed by atoms with Crippen molar-refractivity contribution in [3.63, 3.8) is 0 Å². The third-order valence-corrected chi connectivity index (χ3v) is 7.93. The molecule has 0 saturated carbocycles. The van der Waals surface area contributed by atoms with Gasteiger partial charge in [-0.2, -0.15) is 0 Å². The zero-order valence-electron chi connectivity index (χ0n) is 20.6. The number of cyclic esters (lactones) is 1. The Labute approximate surface area is 201 Å². The fourth-order valence-corrected chi connectivity index (χ4v) is 6.18. The van der Waals surface area contributed by atoms with Gasteiger partial charge in [-0.15, -0.1) is 0 Å². The molecule has 0 aromatic carbocycles. The van der Waals surface area contributed by atoms with Crippen molar-refractivity contribution >= 4 is 17.8 Å². The van der Waals surface area contributed by atoms with Gasteiger partial charge in [0.2, 0.25) is 11.8 Å². The number of aliphatic hydroxyl groups is 1. The molecule has 34 heavy (non-hydrogen) atoms. The summed E-state index contributed by atoms with van der Waals surface area (Å²) in [4.78, 5) is 44.7. The molecule has 4 heterocycles. The maximum absolute atomic E-state index is 14.0. The number of carbonyl (C=O) groups excluding carboxylic acids is 3. The van der Waals surface area contributed by atoms with Crippen molar-refractivity contribution in [1.82, 2.24) is 9.80 Å². The van der Waals surface area contributed by atoms with Gasteiger partial charge in [-0.05, 0) is 32.6 Å². The van der Waals surface area contributed by atoms with Gasteiger partial charge < -0.3 is 24.4 Å². The molecule has 0 bridgehead atoms. The number of unbranched alkanes of at least 4 members (excludes halogenated alkanes) is 2. The Morgan fingerprint density at radius 3 is 2.62 bits per heavy atom. The van der Waals surface area contributed by atoms with Gasteiger partial charge in [-0.25, -0.2) is 0 Å². The molecule has 188 valence electrons. The minimum Gasteiger partial charge on any atom is -0.465 e. The van der Waals surface area contributed by atoms with Gasteiger partial charge in [-0.3, -0.25) is 14.4 Å². The number of rotatable bonds is 7. The summed E-state index contributed by atoms with van der Waals surface area (Å²) >= 11 is 0. The van der Waals surface area contributed by atoms with Crippen LogP contribution in [0.1, 0.15) is 59.3 Å². The molecule has 4 aliphatic rings. The second kappa shape index (κ2) is 9.82. The highest BCUT2D eigenvalue weighted by atomic mass is 16.6. The van der Waals surface area contributed by atoms with Crippen molar-refractivity contribution in [3.8, 4) is 0 Å². The number of likely N-dealkylation sites (tertiary alicyclic amines) is 1. The van der Waals surface area contributed by atoms with Crippen LogP contribution in [-0.4, -0.2) is 82.3 Å². The maximum atomic E-state index is 14.0. The Morgan fingerprint density at radius 2 is 1.91 bits per heavy atom. The van der Waals surface area contributed by atoms with E-state index < -0.39 is 41.1 Å². The lowest BCUT2D eigenvalue weighted by molar-refractivity contribution is -0.162. The van der Waals surface area contributed by atoms with E-state index in [2.05, 4.69) is 6.92 Å². The number of fused-ring (bicyclic) bond motifs is 2. The molecule has 4 aliphatic heterocycles. The molecule has 0 aromatic rings. The van der Waals surface area contributed by atoms with Crippen molar-refractivity contribution in [2.75, 3.05) is 26.3 Å². The van der Waals surface area contributed by atoms with Crippen molar-refractivity contribution in [2.24, 2.45) is 11.8 Å². The van der Waals surface area contributed by atoms with Crippen LogP contribution in [0.5, 0.6) is 0 Å². The van der Waals surface area contributed by atoms with Crippen LogP contribution < -0.4 is 0 Å². The van der Waals surface area contributed by atoms with Crippen LogP contribution in [0, 0.1) is 11.8 Å². The fourth-order valence-electron chi connectivity index (χ4n) is 6.18. The molecule has 2 saturated heterocycles. The molecule has 2 amide bonds. The number of allylic oxidation sites excluding steroid dienone is 1.